The standard InChI is InChI=1S/C19H26ClFN2O3/c20-16-2-1-3-17(21)18(16)19(26)23-9-14(15(10-23)12-25)8-22-6-4-13(11-24)5-7-22/h1-3,13-15,24-25H,4-12H2/t14-,15-/m0/s1. The molecule has 0 spiro atoms. The lowest BCUT2D eigenvalue weighted by Crippen LogP contribution is -2.40. The molecule has 2 aliphatic heterocycles. The molecule has 2 heterocycles. The molecule has 7 heteroatoms. The molecule has 1 aromatic rings. The van der Waals surface area contributed by atoms with Crippen LogP contribution in [0.15, 0.2) is 18.2 Å². The van der Waals surface area contributed by atoms with Gasteiger partial charge in [0.2, 0.25) is 0 Å². The number of halogens is 2. The van der Waals surface area contributed by atoms with Gasteiger partial charge in [0.15, 0.2) is 0 Å². The van der Waals surface area contributed by atoms with Crippen molar-refractivity contribution in [3.63, 3.8) is 0 Å². The number of hydrogen-bond acceptors (Lipinski definition) is 4. The highest BCUT2D eigenvalue weighted by molar-refractivity contribution is 6.33. The third-order valence-electron chi connectivity index (χ3n) is 5.73. The zero-order valence-electron chi connectivity index (χ0n) is 14.8. The minimum Gasteiger partial charge on any atom is -0.396 e. The Kier molecular flexibility index (Phi) is 6.51. The zero-order chi connectivity index (χ0) is 18.7. The van der Waals surface area contributed by atoms with E-state index in [1.54, 1.807) is 4.90 Å². The molecule has 2 fully saturated rings. The maximum Gasteiger partial charge on any atom is 0.258 e. The number of benzene rings is 1. The molecular formula is C19H26ClFN2O3. The SMILES string of the molecule is O=C(c1c(F)cccc1Cl)N1C[C@@H](CO)[C@@H](CN2CCC(CO)CC2)C1. The van der Waals surface area contributed by atoms with Crippen LogP contribution in [-0.2, 0) is 0 Å². The Hall–Kier alpha value is -1.21. The Morgan fingerprint density at radius 2 is 1.85 bits per heavy atom. The largest absolute Gasteiger partial charge is 0.396 e. The van der Waals surface area contributed by atoms with E-state index in [1.807, 2.05) is 0 Å². The smallest absolute Gasteiger partial charge is 0.258 e. The second-order valence-corrected chi connectivity index (χ2v) is 7.84. The second-order valence-electron chi connectivity index (χ2n) is 7.44. The molecule has 0 bridgehead atoms. The van der Waals surface area contributed by atoms with Crippen LogP contribution in [-0.4, -0.2) is 71.9 Å². The van der Waals surface area contributed by atoms with Gasteiger partial charge in [-0.1, -0.05) is 17.7 Å². The maximum atomic E-state index is 14.1. The molecule has 144 valence electrons. The van der Waals surface area contributed by atoms with Gasteiger partial charge in [0.1, 0.15) is 5.82 Å². The topological polar surface area (TPSA) is 64.0 Å². The third-order valence-corrected chi connectivity index (χ3v) is 6.05. The fourth-order valence-electron chi connectivity index (χ4n) is 4.06. The highest BCUT2D eigenvalue weighted by Gasteiger charge is 2.37. The van der Waals surface area contributed by atoms with Crippen LogP contribution in [0.5, 0.6) is 0 Å². The van der Waals surface area contributed by atoms with E-state index in [9.17, 15) is 19.4 Å². The number of hydrogen-bond donors (Lipinski definition) is 2. The van der Waals surface area contributed by atoms with E-state index in [0.717, 1.165) is 32.5 Å². The van der Waals surface area contributed by atoms with Gasteiger partial charge in [-0.05, 0) is 49.9 Å². The van der Waals surface area contributed by atoms with E-state index < -0.39 is 11.7 Å². The Balaban J connectivity index is 1.64. The first-order valence-corrected chi connectivity index (χ1v) is 9.58. The van der Waals surface area contributed by atoms with Crippen LogP contribution >= 0.6 is 11.6 Å². The minimum absolute atomic E-state index is 0.00650. The van der Waals surface area contributed by atoms with Crippen molar-refractivity contribution >= 4 is 17.5 Å². The Labute approximate surface area is 158 Å². The van der Waals surface area contributed by atoms with Crippen LogP contribution in [0.3, 0.4) is 0 Å². The summed E-state index contributed by atoms with van der Waals surface area (Å²) in [5.74, 6) is -0.504. The summed E-state index contributed by atoms with van der Waals surface area (Å²) in [6.45, 7) is 3.80. The molecule has 26 heavy (non-hydrogen) atoms. The van der Waals surface area contributed by atoms with Gasteiger partial charge in [0.25, 0.3) is 5.91 Å². The summed E-state index contributed by atoms with van der Waals surface area (Å²) >= 11 is 6.03. The summed E-state index contributed by atoms with van der Waals surface area (Å²) in [5.41, 5.74) is -0.0877. The predicted molar refractivity (Wildman–Crippen MR) is 97.6 cm³/mol. The zero-order valence-corrected chi connectivity index (χ0v) is 15.5. The lowest BCUT2D eigenvalue weighted by molar-refractivity contribution is 0.0771. The van der Waals surface area contributed by atoms with Crippen molar-refractivity contribution < 1.29 is 19.4 Å². The van der Waals surface area contributed by atoms with Gasteiger partial charge in [0.05, 0.1) is 10.6 Å². The van der Waals surface area contributed by atoms with E-state index in [1.165, 1.54) is 18.2 Å². The first-order valence-electron chi connectivity index (χ1n) is 9.20. The van der Waals surface area contributed by atoms with Crippen LogP contribution in [0.1, 0.15) is 23.2 Å². The normalized spacial score (nSPS) is 25.0. The first-order chi connectivity index (χ1) is 12.5. The molecule has 3 rings (SSSR count). The van der Waals surface area contributed by atoms with Gasteiger partial charge in [0, 0.05) is 38.8 Å². The van der Waals surface area contributed by atoms with E-state index in [-0.39, 0.29) is 35.6 Å². The fraction of sp³-hybridized carbons (Fsp3) is 0.632. The molecular weight excluding hydrogens is 359 g/mol. The number of likely N-dealkylation sites (tertiary alicyclic amines) is 2. The van der Waals surface area contributed by atoms with Crippen molar-refractivity contribution in [1.29, 1.82) is 0 Å². The minimum atomic E-state index is -0.613. The fourth-order valence-corrected chi connectivity index (χ4v) is 4.31. The van der Waals surface area contributed by atoms with Crippen LogP contribution in [0, 0.1) is 23.6 Å². The summed E-state index contributed by atoms with van der Waals surface area (Å²) in [6, 6.07) is 4.23. The quantitative estimate of drug-likeness (QED) is 0.813. The molecule has 0 radical (unpaired) electrons. The molecule has 0 unspecified atom stereocenters. The first kappa shape index (κ1) is 19.5. The number of amides is 1. The number of carbonyl (C=O) groups is 1. The monoisotopic (exact) mass is 384 g/mol. The lowest BCUT2D eigenvalue weighted by atomic mass is 9.93. The summed E-state index contributed by atoms with van der Waals surface area (Å²) in [5, 5.41) is 19.1. The number of piperidine rings is 1. The van der Waals surface area contributed by atoms with Crippen LogP contribution in [0.25, 0.3) is 0 Å². The van der Waals surface area contributed by atoms with Crippen LogP contribution < -0.4 is 0 Å². The van der Waals surface area contributed by atoms with Gasteiger partial charge in [-0.2, -0.15) is 0 Å². The van der Waals surface area contributed by atoms with Crippen molar-refractivity contribution in [2.45, 2.75) is 12.8 Å². The average Bonchev–Trinajstić information content (AvgIpc) is 3.05. The highest BCUT2D eigenvalue weighted by atomic mass is 35.5. The van der Waals surface area contributed by atoms with Crippen molar-refractivity contribution in [1.82, 2.24) is 9.80 Å². The van der Waals surface area contributed by atoms with Gasteiger partial charge < -0.3 is 20.0 Å². The molecule has 0 saturated carbocycles. The predicted octanol–water partition coefficient (Wildman–Crippen LogP) is 1.86. The number of rotatable bonds is 5. The van der Waals surface area contributed by atoms with E-state index in [2.05, 4.69) is 4.90 Å². The maximum absolute atomic E-state index is 14.1. The Morgan fingerprint density at radius 1 is 1.15 bits per heavy atom. The van der Waals surface area contributed by atoms with Crippen molar-refractivity contribution in [3.8, 4) is 0 Å². The van der Waals surface area contributed by atoms with Crippen molar-refractivity contribution in [2.24, 2.45) is 17.8 Å². The summed E-state index contributed by atoms with van der Waals surface area (Å²) in [4.78, 5) is 16.7. The van der Waals surface area contributed by atoms with Crippen LogP contribution in [0.2, 0.25) is 5.02 Å². The van der Waals surface area contributed by atoms with Gasteiger partial charge in [-0.25, -0.2) is 4.39 Å². The average molecular weight is 385 g/mol. The molecule has 2 saturated heterocycles. The molecule has 1 aromatic carbocycles. The molecule has 1 amide bonds. The lowest BCUT2D eigenvalue weighted by Gasteiger charge is -2.33. The van der Waals surface area contributed by atoms with Gasteiger partial charge >= 0.3 is 0 Å². The van der Waals surface area contributed by atoms with E-state index in [0.29, 0.717) is 19.0 Å². The van der Waals surface area contributed by atoms with E-state index >= 15 is 0 Å². The van der Waals surface area contributed by atoms with Crippen molar-refractivity contribution in [3.05, 3.63) is 34.6 Å². The molecule has 0 aliphatic carbocycles. The molecule has 2 atom stereocenters. The summed E-state index contributed by atoms with van der Waals surface area (Å²) < 4.78 is 14.1. The number of aliphatic hydroxyl groups excluding tert-OH is 2. The van der Waals surface area contributed by atoms with Crippen molar-refractivity contribution in [2.75, 3.05) is 45.9 Å². The van der Waals surface area contributed by atoms with E-state index in [4.69, 9.17) is 11.6 Å². The second kappa shape index (κ2) is 8.65. The molecule has 0 aromatic heterocycles. The van der Waals surface area contributed by atoms with Gasteiger partial charge in [-0.3, -0.25) is 4.79 Å². The van der Waals surface area contributed by atoms with Crippen LogP contribution in [0.4, 0.5) is 4.39 Å². The number of nitrogens with zero attached hydrogens (tertiary/aromatic N) is 2. The summed E-state index contributed by atoms with van der Waals surface area (Å²) in [6.07, 6.45) is 1.95. The third kappa shape index (κ3) is 4.19. The Bertz CT molecular complexity index is 617. The number of carbonyl (C=O) groups excluding carboxylic acids is 1. The number of aliphatic hydroxyl groups is 2. The molecule has 2 N–H and O–H groups in total. The highest BCUT2D eigenvalue weighted by Crippen LogP contribution is 2.29. The Morgan fingerprint density at radius 3 is 2.46 bits per heavy atom. The molecule has 5 nitrogen and oxygen atoms in total. The summed E-state index contributed by atoms with van der Waals surface area (Å²) in [7, 11) is 0. The molecule has 2 aliphatic rings. The van der Waals surface area contributed by atoms with Gasteiger partial charge in [-0.15, -0.1) is 0 Å².